The number of hydrogen-bond acceptors (Lipinski definition) is 5. The number of thioether (sulfide) groups is 1. The summed E-state index contributed by atoms with van der Waals surface area (Å²) in [5.41, 5.74) is 2.06. The van der Waals surface area contributed by atoms with E-state index in [1.807, 2.05) is 54.6 Å². The average Bonchev–Trinajstić information content (AvgIpc) is 2.72. The zero-order valence-corrected chi connectivity index (χ0v) is 15.6. The summed E-state index contributed by atoms with van der Waals surface area (Å²) in [6.45, 7) is 1.75. The fourth-order valence-corrected chi connectivity index (χ4v) is 3.62. The first-order valence-electron chi connectivity index (χ1n) is 8.92. The first kappa shape index (κ1) is 17.7. The third-order valence-corrected chi connectivity index (χ3v) is 5.20. The predicted molar refractivity (Wildman–Crippen MR) is 107 cm³/mol. The molecule has 0 saturated carbocycles. The van der Waals surface area contributed by atoms with Gasteiger partial charge in [0, 0.05) is 11.9 Å². The minimum Gasteiger partial charge on any atom is -0.486 e. The van der Waals surface area contributed by atoms with E-state index < -0.39 is 0 Å². The SMILES string of the molecule is O=C(CSc1ccc2ccccc2n1)NCCc1ccc2c(c1)OCCO2. The highest BCUT2D eigenvalue weighted by Crippen LogP contribution is 2.30. The number of rotatable bonds is 6. The van der Waals surface area contributed by atoms with Crippen LogP contribution < -0.4 is 14.8 Å². The van der Waals surface area contributed by atoms with Gasteiger partial charge in [0.05, 0.1) is 16.3 Å². The van der Waals surface area contributed by atoms with Crippen LogP contribution in [0.25, 0.3) is 10.9 Å². The molecular weight excluding hydrogens is 360 g/mol. The molecule has 1 aromatic heterocycles. The largest absolute Gasteiger partial charge is 0.486 e. The van der Waals surface area contributed by atoms with E-state index in [-0.39, 0.29) is 5.91 Å². The van der Waals surface area contributed by atoms with E-state index in [2.05, 4.69) is 10.3 Å². The lowest BCUT2D eigenvalue weighted by Crippen LogP contribution is -2.27. The molecule has 1 aliphatic heterocycles. The molecule has 5 nitrogen and oxygen atoms in total. The Labute approximate surface area is 162 Å². The van der Waals surface area contributed by atoms with Crippen LogP contribution in [0.2, 0.25) is 0 Å². The number of hydrogen-bond donors (Lipinski definition) is 1. The Hall–Kier alpha value is -2.73. The number of ether oxygens (including phenoxy) is 2. The third-order valence-electron chi connectivity index (χ3n) is 4.27. The molecule has 0 aliphatic carbocycles. The third kappa shape index (κ3) is 4.52. The molecule has 2 heterocycles. The van der Waals surface area contributed by atoms with Crippen molar-refractivity contribution in [2.24, 2.45) is 0 Å². The molecule has 1 aliphatic rings. The van der Waals surface area contributed by atoms with E-state index in [4.69, 9.17) is 9.47 Å². The highest BCUT2D eigenvalue weighted by molar-refractivity contribution is 7.99. The van der Waals surface area contributed by atoms with Gasteiger partial charge in [-0.15, -0.1) is 0 Å². The highest BCUT2D eigenvalue weighted by Gasteiger charge is 2.11. The maximum Gasteiger partial charge on any atom is 0.230 e. The maximum atomic E-state index is 12.1. The summed E-state index contributed by atoms with van der Waals surface area (Å²) in [6, 6.07) is 17.9. The van der Waals surface area contributed by atoms with Crippen molar-refractivity contribution in [3.05, 3.63) is 60.2 Å². The summed E-state index contributed by atoms with van der Waals surface area (Å²) in [7, 11) is 0. The molecule has 3 aromatic rings. The lowest BCUT2D eigenvalue weighted by Gasteiger charge is -2.18. The first-order chi connectivity index (χ1) is 13.3. The second-order valence-electron chi connectivity index (χ2n) is 6.21. The number of amides is 1. The standard InChI is InChI=1S/C21H20N2O3S/c24-20(14-27-21-8-6-16-3-1-2-4-17(16)23-21)22-10-9-15-5-7-18-19(13-15)26-12-11-25-18/h1-8,13H,9-12,14H2,(H,22,24). The summed E-state index contributed by atoms with van der Waals surface area (Å²) >= 11 is 1.45. The topological polar surface area (TPSA) is 60.5 Å². The van der Waals surface area contributed by atoms with Crippen molar-refractivity contribution < 1.29 is 14.3 Å². The normalized spacial score (nSPS) is 12.7. The summed E-state index contributed by atoms with van der Waals surface area (Å²) in [5, 5.41) is 4.92. The predicted octanol–water partition coefficient (Wildman–Crippen LogP) is 3.46. The van der Waals surface area contributed by atoms with Crippen LogP contribution in [-0.2, 0) is 11.2 Å². The Morgan fingerprint density at radius 1 is 1.04 bits per heavy atom. The van der Waals surface area contributed by atoms with Crippen LogP contribution >= 0.6 is 11.8 Å². The molecule has 0 spiro atoms. The van der Waals surface area contributed by atoms with Crippen molar-refractivity contribution in [1.82, 2.24) is 10.3 Å². The molecule has 2 aromatic carbocycles. The molecule has 138 valence electrons. The lowest BCUT2D eigenvalue weighted by atomic mass is 10.1. The number of benzene rings is 2. The van der Waals surface area contributed by atoms with Crippen LogP contribution in [-0.4, -0.2) is 36.4 Å². The van der Waals surface area contributed by atoms with Crippen LogP contribution in [0, 0.1) is 0 Å². The molecule has 6 heteroatoms. The summed E-state index contributed by atoms with van der Waals surface area (Å²) in [5.74, 6) is 1.93. The van der Waals surface area contributed by atoms with E-state index in [1.54, 1.807) is 0 Å². The van der Waals surface area contributed by atoms with E-state index in [1.165, 1.54) is 11.8 Å². The van der Waals surface area contributed by atoms with Gasteiger partial charge in [0.25, 0.3) is 0 Å². The summed E-state index contributed by atoms with van der Waals surface area (Å²) in [4.78, 5) is 16.7. The van der Waals surface area contributed by atoms with E-state index in [0.29, 0.717) is 25.5 Å². The fraction of sp³-hybridized carbons (Fsp3) is 0.238. The van der Waals surface area contributed by atoms with Gasteiger partial charge in [-0.2, -0.15) is 0 Å². The Morgan fingerprint density at radius 3 is 2.81 bits per heavy atom. The highest BCUT2D eigenvalue weighted by atomic mass is 32.2. The minimum atomic E-state index is 0.00695. The molecule has 0 radical (unpaired) electrons. The van der Waals surface area contributed by atoms with Crippen LogP contribution in [0.4, 0.5) is 0 Å². The molecule has 0 atom stereocenters. The summed E-state index contributed by atoms with van der Waals surface area (Å²) in [6.07, 6.45) is 0.751. The first-order valence-corrected chi connectivity index (χ1v) is 9.90. The van der Waals surface area contributed by atoms with Crippen LogP contribution in [0.5, 0.6) is 11.5 Å². The molecule has 0 fully saturated rings. The number of carbonyl (C=O) groups is 1. The second-order valence-corrected chi connectivity index (χ2v) is 7.20. The molecule has 27 heavy (non-hydrogen) atoms. The zero-order valence-electron chi connectivity index (χ0n) is 14.8. The van der Waals surface area contributed by atoms with Crippen molar-refractivity contribution in [3.8, 4) is 11.5 Å². The van der Waals surface area contributed by atoms with Crippen molar-refractivity contribution in [2.45, 2.75) is 11.4 Å². The smallest absolute Gasteiger partial charge is 0.230 e. The number of carbonyl (C=O) groups excluding carboxylic acids is 1. The molecule has 1 amide bonds. The van der Waals surface area contributed by atoms with Crippen LogP contribution in [0.15, 0.2) is 59.6 Å². The number of fused-ring (bicyclic) bond motifs is 2. The van der Waals surface area contributed by atoms with E-state index in [0.717, 1.165) is 39.4 Å². The van der Waals surface area contributed by atoms with Crippen LogP contribution in [0.3, 0.4) is 0 Å². The fourth-order valence-electron chi connectivity index (χ4n) is 2.91. The number of nitrogens with one attached hydrogen (secondary N) is 1. The molecule has 0 bridgehead atoms. The molecule has 4 rings (SSSR count). The quantitative estimate of drug-likeness (QED) is 0.664. The Balaban J connectivity index is 1.24. The van der Waals surface area contributed by atoms with E-state index in [9.17, 15) is 4.79 Å². The number of pyridine rings is 1. The molecular formula is C21H20N2O3S. The van der Waals surface area contributed by atoms with Gasteiger partial charge in [0.2, 0.25) is 5.91 Å². The Kier molecular flexibility index (Phi) is 5.44. The van der Waals surface area contributed by atoms with Gasteiger partial charge in [-0.05, 0) is 36.2 Å². The van der Waals surface area contributed by atoms with Crippen molar-refractivity contribution in [1.29, 1.82) is 0 Å². The molecule has 0 unspecified atom stereocenters. The zero-order chi connectivity index (χ0) is 18.5. The monoisotopic (exact) mass is 380 g/mol. The van der Waals surface area contributed by atoms with Gasteiger partial charge >= 0.3 is 0 Å². The summed E-state index contributed by atoms with van der Waals surface area (Å²) < 4.78 is 11.1. The number of para-hydroxylation sites is 1. The van der Waals surface area contributed by atoms with Gasteiger partial charge in [-0.3, -0.25) is 4.79 Å². The minimum absolute atomic E-state index is 0.00695. The lowest BCUT2D eigenvalue weighted by molar-refractivity contribution is -0.118. The van der Waals surface area contributed by atoms with Gasteiger partial charge in [-0.25, -0.2) is 4.98 Å². The van der Waals surface area contributed by atoms with Gasteiger partial charge in [-0.1, -0.05) is 42.1 Å². The van der Waals surface area contributed by atoms with E-state index >= 15 is 0 Å². The Bertz CT molecular complexity index is 961. The Morgan fingerprint density at radius 2 is 1.89 bits per heavy atom. The van der Waals surface area contributed by atoms with Crippen molar-refractivity contribution in [3.63, 3.8) is 0 Å². The molecule has 0 saturated heterocycles. The van der Waals surface area contributed by atoms with Crippen molar-refractivity contribution >= 4 is 28.6 Å². The second kappa shape index (κ2) is 8.31. The maximum absolute atomic E-state index is 12.1. The van der Waals surface area contributed by atoms with Gasteiger partial charge < -0.3 is 14.8 Å². The average molecular weight is 380 g/mol. The molecule has 1 N–H and O–H groups in total. The number of nitrogens with zero attached hydrogens (tertiary/aromatic N) is 1. The van der Waals surface area contributed by atoms with Gasteiger partial charge in [0.1, 0.15) is 13.2 Å². The van der Waals surface area contributed by atoms with Crippen LogP contribution in [0.1, 0.15) is 5.56 Å². The van der Waals surface area contributed by atoms with Crippen molar-refractivity contribution in [2.75, 3.05) is 25.5 Å². The number of aromatic nitrogens is 1. The van der Waals surface area contributed by atoms with Gasteiger partial charge in [0.15, 0.2) is 11.5 Å².